The van der Waals surface area contributed by atoms with Gasteiger partial charge in [-0.3, -0.25) is 9.59 Å². The van der Waals surface area contributed by atoms with Gasteiger partial charge in [-0.25, -0.2) is 0 Å². The average molecular weight is 249 g/mol. The van der Waals surface area contributed by atoms with E-state index >= 15 is 0 Å². The van der Waals surface area contributed by atoms with Crippen LogP contribution in [0.4, 0.5) is 0 Å². The minimum Gasteiger partial charge on any atom is -0.358 e. The second-order valence-electron chi connectivity index (χ2n) is 4.07. The van der Waals surface area contributed by atoms with Crippen molar-refractivity contribution in [3.05, 3.63) is 35.4 Å². The highest BCUT2D eigenvalue weighted by Gasteiger charge is 2.14. The van der Waals surface area contributed by atoms with Crippen molar-refractivity contribution in [3.8, 4) is 0 Å². The Morgan fingerprint density at radius 3 is 2.72 bits per heavy atom. The predicted octanol–water partition coefficient (Wildman–Crippen LogP) is 0.00580. The van der Waals surface area contributed by atoms with Crippen molar-refractivity contribution in [1.29, 1.82) is 0 Å². The molecule has 0 aliphatic carbocycles. The van der Waals surface area contributed by atoms with Crippen LogP contribution in [0.15, 0.2) is 24.3 Å². The van der Waals surface area contributed by atoms with Crippen LogP contribution in [0.1, 0.15) is 15.9 Å². The van der Waals surface area contributed by atoms with E-state index in [0.717, 1.165) is 12.0 Å². The number of carbonyl (C=O) groups is 2. The van der Waals surface area contributed by atoms with Gasteiger partial charge in [-0.1, -0.05) is 12.1 Å². The maximum Gasteiger partial charge on any atom is 0.254 e. The third-order valence-electron chi connectivity index (χ3n) is 2.61. The van der Waals surface area contributed by atoms with Crippen LogP contribution in [-0.2, 0) is 11.2 Å². The highest BCUT2D eigenvalue weighted by molar-refractivity contribution is 5.96. The van der Waals surface area contributed by atoms with Gasteiger partial charge in [0.25, 0.3) is 5.91 Å². The van der Waals surface area contributed by atoms with Crippen LogP contribution in [0.25, 0.3) is 0 Å². The Bertz CT molecular complexity index is 432. The van der Waals surface area contributed by atoms with Crippen LogP contribution < -0.4 is 11.1 Å². The third-order valence-corrected chi connectivity index (χ3v) is 2.61. The van der Waals surface area contributed by atoms with Crippen molar-refractivity contribution in [3.63, 3.8) is 0 Å². The highest BCUT2D eigenvalue weighted by atomic mass is 16.2. The number of nitrogens with one attached hydrogen (secondary N) is 1. The zero-order chi connectivity index (χ0) is 13.5. The molecular formula is C13H19N3O2. The molecule has 5 heteroatoms. The molecule has 2 amide bonds. The largest absolute Gasteiger partial charge is 0.358 e. The van der Waals surface area contributed by atoms with E-state index in [4.69, 9.17) is 5.73 Å². The number of hydrogen-bond donors (Lipinski definition) is 2. The van der Waals surface area contributed by atoms with Crippen LogP contribution in [0.2, 0.25) is 0 Å². The molecule has 5 nitrogen and oxygen atoms in total. The topological polar surface area (TPSA) is 75.4 Å². The fourth-order valence-electron chi connectivity index (χ4n) is 1.61. The minimum absolute atomic E-state index is 0.0520. The molecule has 0 atom stereocenters. The number of nitrogens with two attached hydrogens (primary N) is 1. The summed E-state index contributed by atoms with van der Waals surface area (Å²) < 4.78 is 0. The van der Waals surface area contributed by atoms with Gasteiger partial charge in [0.15, 0.2) is 0 Å². The summed E-state index contributed by atoms with van der Waals surface area (Å²) in [5, 5.41) is 2.48. The highest BCUT2D eigenvalue weighted by Crippen LogP contribution is 2.08. The van der Waals surface area contributed by atoms with E-state index in [2.05, 4.69) is 5.32 Å². The zero-order valence-corrected chi connectivity index (χ0v) is 10.8. The lowest BCUT2D eigenvalue weighted by atomic mass is 10.1. The first-order valence-corrected chi connectivity index (χ1v) is 5.83. The minimum atomic E-state index is -0.191. The lowest BCUT2D eigenvalue weighted by Gasteiger charge is -2.16. The molecule has 0 unspecified atom stereocenters. The lowest BCUT2D eigenvalue weighted by molar-refractivity contribution is -0.121. The number of amides is 2. The summed E-state index contributed by atoms with van der Waals surface area (Å²) in [6.07, 6.45) is 0.736. The molecule has 0 radical (unpaired) electrons. The van der Waals surface area contributed by atoms with Gasteiger partial charge in [0.05, 0.1) is 6.54 Å². The van der Waals surface area contributed by atoms with Crippen molar-refractivity contribution in [2.45, 2.75) is 6.42 Å². The first-order chi connectivity index (χ1) is 8.58. The molecule has 0 aliphatic heterocycles. The maximum absolute atomic E-state index is 12.1. The Labute approximate surface area is 107 Å². The maximum atomic E-state index is 12.1. The smallest absolute Gasteiger partial charge is 0.254 e. The number of likely N-dealkylation sites (N-methyl/N-ethyl adjacent to an activating group) is 2. The quantitative estimate of drug-likeness (QED) is 0.771. The average Bonchev–Trinajstić information content (AvgIpc) is 2.38. The van der Waals surface area contributed by atoms with Gasteiger partial charge in [-0.05, 0) is 30.7 Å². The van der Waals surface area contributed by atoms with E-state index in [1.165, 1.54) is 4.90 Å². The molecule has 1 aromatic carbocycles. The molecule has 3 N–H and O–H groups in total. The number of rotatable bonds is 5. The first kappa shape index (κ1) is 14.2. The summed E-state index contributed by atoms with van der Waals surface area (Å²) in [5.74, 6) is -0.360. The molecule has 0 saturated heterocycles. The zero-order valence-electron chi connectivity index (χ0n) is 10.8. The molecule has 0 aromatic heterocycles. The van der Waals surface area contributed by atoms with Crippen molar-refractivity contribution in [2.75, 3.05) is 27.2 Å². The number of carbonyl (C=O) groups excluding carboxylic acids is 2. The standard InChI is InChI=1S/C13H19N3O2/c1-15-12(17)9-16(2)13(18)11-5-3-4-10(8-11)6-7-14/h3-5,8H,6-7,9,14H2,1-2H3,(H,15,17). The van der Waals surface area contributed by atoms with E-state index in [9.17, 15) is 9.59 Å². The Morgan fingerprint density at radius 1 is 1.39 bits per heavy atom. The van der Waals surface area contributed by atoms with Gasteiger partial charge in [0, 0.05) is 19.7 Å². The molecule has 1 rings (SSSR count). The molecule has 18 heavy (non-hydrogen) atoms. The molecule has 0 bridgehead atoms. The van der Waals surface area contributed by atoms with Gasteiger partial charge >= 0.3 is 0 Å². The van der Waals surface area contributed by atoms with Crippen LogP contribution in [-0.4, -0.2) is 43.9 Å². The first-order valence-electron chi connectivity index (χ1n) is 5.83. The molecule has 0 aliphatic rings. The summed E-state index contributed by atoms with van der Waals surface area (Å²) >= 11 is 0. The van der Waals surface area contributed by atoms with E-state index in [1.807, 2.05) is 18.2 Å². The molecule has 0 heterocycles. The van der Waals surface area contributed by atoms with Gasteiger partial charge < -0.3 is 16.0 Å². The van der Waals surface area contributed by atoms with Crippen molar-refractivity contribution < 1.29 is 9.59 Å². The number of hydrogen-bond acceptors (Lipinski definition) is 3. The van der Waals surface area contributed by atoms with Crippen LogP contribution in [0.5, 0.6) is 0 Å². The van der Waals surface area contributed by atoms with Gasteiger partial charge in [0.1, 0.15) is 0 Å². The van der Waals surface area contributed by atoms with Gasteiger partial charge in [-0.2, -0.15) is 0 Å². The monoisotopic (exact) mass is 249 g/mol. The van der Waals surface area contributed by atoms with Crippen LogP contribution in [0.3, 0.4) is 0 Å². The SMILES string of the molecule is CNC(=O)CN(C)C(=O)c1cccc(CCN)c1. The van der Waals surface area contributed by atoms with Crippen molar-refractivity contribution >= 4 is 11.8 Å². The molecule has 0 spiro atoms. The normalized spacial score (nSPS) is 9.94. The number of benzene rings is 1. The van der Waals surface area contributed by atoms with Crippen LogP contribution in [0, 0.1) is 0 Å². The lowest BCUT2D eigenvalue weighted by Crippen LogP contribution is -2.36. The predicted molar refractivity (Wildman–Crippen MR) is 70.2 cm³/mol. The third kappa shape index (κ3) is 3.85. The second-order valence-corrected chi connectivity index (χ2v) is 4.07. The fraction of sp³-hybridized carbons (Fsp3) is 0.385. The molecule has 1 aromatic rings. The summed E-state index contributed by atoms with van der Waals surface area (Å²) in [7, 11) is 3.15. The summed E-state index contributed by atoms with van der Waals surface area (Å²) in [4.78, 5) is 24.7. The summed E-state index contributed by atoms with van der Waals surface area (Å²) in [6.45, 7) is 0.599. The van der Waals surface area contributed by atoms with E-state index < -0.39 is 0 Å². The molecular weight excluding hydrogens is 230 g/mol. The Morgan fingerprint density at radius 2 is 2.11 bits per heavy atom. The molecule has 0 saturated carbocycles. The van der Waals surface area contributed by atoms with Crippen molar-refractivity contribution in [1.82, 2.24) is 10.2 Å². The summed E-state index contributed by atoms with van der Waals surface area (Å²) in [6, 6.07) is 7.31. The van der Waals surface area contributed by atoms with E-state index in [0.29, 0.717) is 12.1 Å². The summed E-state index contributed by atoms with van der Waals surface area (Å²) in [5.41, 5.74) is 7.08. The van der Waals surface area contributed by atoms with Gasteiger partial charge in [-0.15, -0.1) is 0 Å². The number of nitrogens with zero attached hydrogens (tertiary/aromatic N) is 1. The van der Waals surface area contributed by atoms with Gasteiger partial charge in [0.2, 0.25) is 5.91 Å². The molecule has 98 valence electrons. The van der Waals surface area contributed by atoms with E-state index in [-0.39, 0.29) is 18.4 Å². The Hall–Kier alpha value is -1.88. The fourth-order valence-corrected chi connectivity index (χ4v) is 1.61. The Kier molecular flexibility index (Phi) is 5.32. The Balaban J connectivity index is 2.76. The van der Waals surface area contributed by atoms with E-state index in [1.54, 1.807) is 20.2 Å². The molecule has 0 fully saturated rings. The van der Waals surface area contributed by atoms with Crippen molar-refractivity contribution in [2.24, 2.45) is 5.73 Å². The van der Waals surface area contributed by atoms with Crippen LogP contribution >= 0.6 is 0 Å². The second kappa shape index (κ2) is 6.76.